The van der Waals surface area contributed by atoms with Gasteiger partial charge in [-0.3, -0.25) is 0 Å². The number of hydrogen-bond acceptors (Lipinski definition) is 2. The smallest absolute Gasteiger partial charge is 0.143 e. The van der Waals surface area contributed by atoms with Crippen LogP contribution in [0.15, 0.2) is 53.0 Å². The number of halogens is 2. The summed E-state index contributed by atoms with van der Waals surface area (Å²) in [4.78, 5) is 0. The average molecular weight is 311 g/mol. The Balaban J connectivity index is 2.04. The third kappa shape index (κ3) is 3.09. The normalized spacial score (nSPS) is 12.2. The van der Waals surface area contributed by atoms with Gasteiger partial charge in [-0.15, -0.1) is 0 Å². The minimum Gasteiger partial charge on any atom is -0.491 e. The largest absolute Gasteiger partial charge is 0.491 e. The first kappa shape index (κ1) is 13.1. The Morgan fingerprint density at radius 2 is 1.83 bits per heavy atom. The second-order valence-corrected chi connectivity index (χ2v) is 4.64. The van der Waals surface area contributed by atoms with Gasteiger partial charge in [0.15, 0.2) is 0 Å². The number of hydrogen-bond donors (Lipinski definition) is 1. The maximum Gasteiger partial charge on any atom is 0.143 e. The Bertz CT molecular complexity index is 516. The molecule has 1 N–H and O–H groups in total. The Morgan fingerprint density at radius 1 is 1.11 bits per heavy atom. The lowest BCUT2D eigenvalue weighted by Gasteiger charge is -2.13. The van der Waals surface area contributed by atoms with E-state index in [9.17, 15) is 9.50 Å². The number of para-hydroxylation sites is 1. The summed E-state index contributed by atoms with van der Waals surface area (Å²) >= 11 is 3.08. The highest BCUT2D eigenvalue weighted by atomic mass is 79.9. The number of aliphatic hydroxyl groups excluding tert-OH is 1. The molecule has 0 aliphatic rings. The predicted octanol–water partition coefficient (Wildman–Crippen LogP) is 3.70. The molecule has 0 amide bonds. The van der Waals surface area contributed by atoms with Gasteiger partial charge in [0.05, 0.1) is 4.47 Å². The Hall–Kier alpha value is -1.39. The van der Waals surface area contributed by atoms with Crippen LogP contribution in [0.2, 0.25) is 0 Å². The quantitative estimate of drug-likeness (QED) is 0.933. The molecule has 0 heterocycles. The van der Waals surface area contributed by atoms with Gasteiger partial charge < -0.3 is 9.84 Å². The van der Waals surface area contributed by atoms with Crippen molar-refractivity contribution in [1.29, 1.82) is 0 Å². The minimum absolute atomic E-state index is 0.0113. The SMILES string of the molecule is OC(COc1ccccc1)c1cccc(Br)c1F. The number of ether oxygens (including phenoxy) is 1. The van der Waals surface area contributed by atoms with Crippen LogP contribution in [0.1, 0.15) is 11.7 Å². The van der Waals surface area contributed by atoms with Gasteiger partial charge in [-0.1, -0.05) is 30.3 Å². The van der Waals surface area contributed by atoms with Crippen LogP contribution in [0, 0.1) is 5.82 Å². The maximum absolute atomic E-state index is 13.7. The zero-order chi connectivity index (χ0) is 13.0. The third-order valence-electron chi connectivity index (χ3n) is 2.49. The molecule has 0 fully saturated rings. The first-order chi connectivity index (χ1) is 8.68. The van der Waals surface area contributed by atoms with Crippen molar-refractivity contribution in [3.8, 4) is 5.75 Å². The molecular weight excluding hydrogens is 299 g/mol. The van der Waals surface area contributed by atoms with Crippen LogP contribution in [0.5, 0.6) is 5.75 Å². The molecule has 0 saturated carbocycles. The molecule has 0 aromatic heterocycles. The van der Waals surface area contributed by atoms with E-state index < -0.39 is 11.9 Å². The van der Waals surface area contributed by atoms with Crippen LogP contribution in [0.25, 0.3) is 0 Å². The van der Waals surface area contributed by atoms with Gasteiger partial charge in [0, 0.05) is 5.56 Å². The highest BCUT2D eigenvalue weighted by molar-refractivity contribution is 9.10. The predicted molar refractivity (Wildman–Crippen MR) is 71.0 cm³/mol. The van der Waals surface area contributed by atoms with Gasteiger partial charge in [-0.25, -0.2) is 4.39 Å². The van der Waals surface area contributed by atoms with Crippen LogP contribution in [0.4, 0.5) is 4.39 Å². The van der Waals surface area contributed by atoms with E-state index in [2.05, 4.69) is 15.9 Å². The fraction of sp³-hybridized carbons (Fsp3) is 0.143. The van der Waals surface area contributed by atoms with E-state index in [-0.39, 0.29) is 12.2 Å². The summed E-state index contributed by atoms with van der Waals surface area (Å²) in [6, 6.07) is 13.9. The minimum atomic E-state index is -0.997. The molecule has 1 atom stereocenters. The second-order valence-electron chi connectivity index (χ2n) is 3.78. The Labute approximate surface area is 113 Å². The van der Waals surface area contributed by atoms with E-state index in [1.807, 2.05) is 18.2 Å². The van der Waals surface area contributed by atoms with Gasteiger partial charge in [-0.05, 0) is 34.1 Å². The second kappa shape index (κ2) is 5.98. The third-order valence-corrected chi connectivity index (χ3v) is 3.10. The van der Waals surface area contributed by atoms with Gasteiger partial charge in [-0.2, -0.15) is 0 Å². The summed E-state index contributed by atoms with van der Waals surface area (Å²) in [5.74, 6) is 0.189. The highest BCUT2D eigenvalue weighted by Crippen LogP contribution is 2.24. The summed E-state index contributed by atoms with van der Waals surface area (Å²) in [6.45, 7) is 0.0113. The summed E-state index contributed by atoms with van der Waals surface area (Å²) in [5, 5.41) is 9.90. The maximum atomic E-state index is 13.7. The summed E-state index contributed by atoms with van der Waals surface area (Å²) in [7, 11) is 0. The molecule has 0 spiro atoms. The lowest BCUT2D eigenvalue weighted by Crippen LogP contribution is -2.11. The topological polar surface area (TPSA) is 29.5 Å². The van der Waals surface area contributed by atoms with E-state index in [4.69, 9.17) is 4.74 Å². The number of rotatable bonds is 4. The van der Waals surface area contributed by atoms with Crippen LogP contribution in [-0.2, 0) is 0 Å². The molecule has 18 heavy (non-hydrogen) atoms. The fourth-order valence-corrected chi connectivity index (χ4v) is 1.94. The van der Waals surface area contributed by atoms with Crippen molar-refractivity contribution in [2.75, 3.05) is 6.61 Å². The van der Waals surface area contributed by atoms with E-state index in [1.165, 1.54) is 0 Å². The van der Waals surface area contributed by atoms with Crippen molar-refractivity contribution in [2.24, 2.45) is 0 Å². The molecule has 94 valence electrons. The van der Waals surface area contributed by atoms with E-state index in [0.717, 1.165) is 0 Å². The monoisotopic (exact) mass is 310 g/mol. The molecule has 0 aliphatic carbocycles. The molecule has 0 radical (unpaired) electrons. The molecule has 0 saturated heterocycles. The molecule has 2 aromatic rings. The van der Waals surface area contributed by atoms with Crippen molar-refractivity contribution in [2.45, 2.75) is 6.10 Å². The molecule has 4 heteroatoms. The molecule has 2 aromatic carbocycles. The van der Waals surface area contributed by atoms with Crippen LogP contribution in [0.3, 0.4) is 0 Å². The van der Waals surface area contributed by atoms with E-state index in [1.54, 1.807) is 30.3 Å². The molecule has 0 bridgehead atoms. The van der Waals surface area contributed by atoms with Crippen molar-refractivity contribution in [1.82, 2.24) is 0 Å². The van der Waals surface area contributed by atoms with Crippen molar-refractivity contribution >= 4 is 15.9 Å². The first-order valence-electron chi connectivity index (χ1n) is 5.48. The Kier molecular flexibility index (Phi) is 4.33. The lowest BCUT2D eigenvalue weighted by molar-refractivity contribution is 0.105. The summed E-state index contributed by atoms with van der Waals surface area (Å²) in [6.07, 6.45) is -0.997. The zero-order valence-electron chi connectivity index (χ0n) is 9.51. The van der Waals surface area contributed by atoms with Crippen LogP contribution < -0.4 is 4.74 Å². The molecule has 0 aliphatic heterocycles. The standard InChI is InChI=1S/C14H12BrFO2/c15-12-8-4-7-11(14(12)16)13(17)9-18-10-5-2-1-3-6-10/h1-8,13,17H,9H2. The van der Waals surface area contributed by atoms with Crippen molar-refractivity contribution in [3.05, 3.63) is 64.4 Å². The average Bonchev–Trinajstić information content (AvgIpc) is 2.40. The molecule has 2 nitrogen and oxygen atoms in total. The van der Waals surface area contributed by atoms with Gasteiger partial charge >= 0.3 is 0 Å². The van der Waals surface area contributed by atoms with E-state index in [0.29, 0.717) is 10.2 Å². The highest BCUT2D eigenvalue weighted by Gasteiger charge is 2.15. The summed E-state index contributed by atoms with van der Waals surface area (Å²) < 4.78 is 19.4. The fourth-order valence-electron chi connectivity index (χ4n) is 1.56. The number of benzene rings is 2. The van der Waals surface area contributed by atoms with E-state index >= 15 is 0 Å². The van der Waals surface area contributed by atoms with Crippen LogP contribution in [-0.4, -0.2) is 11.7 Å². The van der Waals surface area contributed by atoms with Crippen LogP contribution >= 0.6 is 15.9 Å². The molecule has 2 rings (SSSR count). The van der Waals surface area contributed by atoms with Gasteiger partial charge in [0.1, 0.15) is 24.3 Å². The van der Waals surface area contributed by atoms with Gasteiger partial charge in [0.2, 0.25) is 0 Å². The first-order valence-corrected chi connectivity index (χ1v) is 6.27. The zero-order valence-corrected chi connectivity index (χ0v) is 11.1. The number of aliphatic hydroxyl groups is 1. The summed E-state index contributed by atoms with van der Waals surface area (Å²) in [5.41, 5.74) is 0.223. The Morgan fingerprint density at radius 3 is 2.56 bits per heavy atom. The van der Waals surface area contributed by atoms with Gasteiger partial charge in [0.25, 0.3) is 0 Å². The van der Waals surface area contributed by atoms with Crippen molar-refractivity contribution in [3.63, 3.8) is 0 Å². The molecule has 1 unspecified atom stereocenters. The van der Waals surface area contributed by atoms with Crippen molar-refractivity contribution < 1.29 is 14.2 Å². The molecular formula is C14H12BrFO2. The lowest BCUT2D eigenvalue weighted by atomic mass is 10.1.